The molecule has 1 fully saturated rings. The zero-order valence-electron chi connectivity index (χ0n) is 21.7. The predicted molar refractivity (Wildman–Crippen MR) is 157 cm³/mol. The van der Waals surface area contributed by atoms with Crippen molar-refractivity contribution in [2.45, 2.75) is 56.7 Å². The zero-order valence-corrected chi connectivity index (χ0v) is 23.3. The van der Waals surface area contributed by atoms with Crippen LogP contribution in [0.3, 0.4) is 0 Å². The molecule has 200 valence electrons. The Labute approximate surface area is 237 Å². The quantitative estimate of drug-likeness (QED) is 0.0981. The van der Waals surface area contributed by atoms with Gasteiger partial charge in [-0.05, 0) is 78.5 Å². The lowest BCUT2D eigenvalue weighted by molar-refractivity contribution is -0.110. The molecule has 0 radical (unpaired) electrons. The van der Waals surface area contributed by atoms with Crippen LogP contribution in [-0.2, 0) is 11.4 Å². The van der Waals surface area contributed by atoms with Gasteiger partial charge in [-0.25, -0.2) is 0 Å². The van der Waals surface area contributed by atoms with Gasteiger partial charge in [-0.2, -0.15) is 5.10 Å². The predicted octanol–water partition coefficient (Wildman–Crippen LogP) is 7.65. The van der Waals surface area contributed by atoms with Crippen LogP contribution in [0.5, 0.6) is 5.75 Å². The number of halogens is 1. The molecule has 1 aromatic heterocycles. The summed E-state index contributed by atoms with van der Waals surface area (Å²) >= 11 is 7.21. The Balaban J connectivity index is 1.35. The summed E-state index contributed by atoms with van der Waals surface area (Å²) in [6, 6.07) is 25.3. The van der Waals surface area contributed by atoms with Crippen LogP contribution in [-0.4, -0.2) is 25.6 Å². The second-order valence-corrected chi connectivity index (χ2v) is 10.9. The van der Waals surface area contributed by atoms with Gasteiger partial charge < -0.3 is 4.74 Å². The molecule has 1 N–H and O–H groups in total. The van der Waals surface area contributed by atoms with Crippen molar-refractivity contribution in [2.75, 3.05) is 5.43 Å². The average Bonchev–Trinajstić information content (AvgIpc) is 3.37. The molecule has 0 atom stereocenters. The number of Topliss-reactive ketones (excluding diaryl/α,β-unsaturated/α-hetero) is 1. The molecule has 5 rings (SSSR count). The fourth-order valence-electron chi connectivity index (χ4n) is 4.65. The number of hydrogen-bond acceptors (Lipinski definition) is 7. The highest BCUT2D eigenvalue weighted by Gasteiger charge is 2.20. The molecule has 0 unspecified atom stereocenters. The largest absolute Gasteiger partial charge is 0.486 e. The monoisotopic (exact) mass is 559 g/mol. The smallest absolute Gasteiger partial charge is 0.202 e. The lowest BCUT2D eigenvalue weighted by atomic mass is 9.84. The van der Waals surface area contributed by atoms with Crippen molar-refractivity contribution in [1.82, 2.24) is 14.8 Å². The number of hydrogen-bond donors (Lipinski definition) is 1. The van der Waals surface area contributed by atoms with Crippen LogP contribution in [0.1, 0.15) is 56.3 Å². The molecular formula is C30H30ClN5O2S. The summed E-state index contributed by atoms with van der Waals surface area (Å²) in [6.07, 6.45) is 6.50. The second-order valence-electron chi connectivity index (χ2n) is 9.46. The van der Waals surface area contributed by atoms with E-state index in [2.05, 4.69) is 32.9 Å². The number of para-hydroxylation sites is 1. The van der Waals surface area contributed by atoms with Gasteiger partial charge in [-0.3, -0.25) is 14.8 Å². The molecule has 7 nitrogen and oxygen atoms in total. The van der Waals surface area contributed by atoms with Crippen molar-refractivity contribution >= 4 is 39.9 Å². The minimum atomic E-state index is -0.201. The zero-order chi connectivity index (χ0) is 27.0. The molecule has 0 aliphatic heterocycles. The van der Waals surface area contributed by atoms with Gasteiger partial charge in [0.2, 0.25) is 5.16 Å². The maximum atomic E-state index is 12.4. The van der Waals surface area contributed by atoms with Gasteiger partial charge in [0.1, 0.15) is 12.4 Å². The van der Waals surface area contributed by atoms with Crippen LogP contribution in [0, 0.1) is 0 Å². The fraction of sp³-hybridized carbons (Fsp3) is 0.267. The molecule has 4 aromatic rings. The Hall–Kier alpha value is -3.62. The van der Waals surface area contributed by atoms with E-state index in [4.69, 9.17) is 16.3 Å². The minimum absolute atomic E-state index is 0.201. The summed E-state index contributed by atoms with van der Waals surface area (Å²) in [7, 11) is 0. The van der Waals surface area contributed by atoms with E-state index >= 15 is 0 Å². The van der Waals surface area contributed by atoms with Crippen molar-refractivity contribution in [3.63, 3.8) is 0 Å². The third kappa shape index (κ3) is 7.07. The Kier molecular flexibility index (Phi) is 8.96. The lowest BCUT2D eigenvalue weighted by Crippen LogP contribution is -2.11. The number of thioether (sulfide) groups is 1. The van der Waals surface area contributed by atoms with Crippen LogP contribution in [0.15, 0.2) is 89.1 Å². The first kappa shape index (κ1) is 27.0. The first-order chi connectivity index (χ1) is 19.1. The number of aromatic nitrogens is 3. The highest BCUT2D eigenvalue weighted by molar-refractivity contribution is 8.15. The van der Waals surface area contributed by atoms with E-state index in [0.29, 0.717) is 27.6 Å². The highest BCUT2D eigenvalue weighted by atomic mass is 35.5. The van der Waals surface area contributed by atoms with E-state index in [1.807, 2.05) is 59.2 Å². The summed E-state index contributed by atoms with van der Waals surface area (Å²) in [6.45, 7) is 1.69. The Morgan fingerprint density at radius 3 is 2.51 bits per heavy atom. The van der Waals surface area contributed by atoms with E-state index in [1.165, 1.54) is 44.6 Å². The van der Waals surface area contributed by atoms with E-state index < -0.39 is 0 Å². The van der Waals surface area contributed by atoms with Crippen LogP contribution in [0.25, 0.3) is 5.69 Å². The molecule has 39 heavy (non-hydrogen) atoms. The molecule has 1 heterocycles. The van der Waals surface area contributed by atoms with Gasteiger partial charge in [0, 0.05) is 17.6 Å². The fourth-order valence-corrected chi connectivity index (χ4v) is 5.63. The van der Waals surface area contributed by atoms with Crippen molar-refractivity contribution in [2.24, 2.45) is 5.10 Å². The first-order valence-electron chi connectivity index (χ1n) is 13.1. The number of benzene rings is 3. The molecule has 0 bridgehead atoms. The van der Waals surface area contributed by atoms with Crippen molar-refractivity contribution in [1.29, 1.82) is 0 Å². The normalized spacial score (nSPS) is 14.3. The maximum absolute atomic E-state index is 12.4. The Morgan fingerprint density at radius 2 is 1.79 bits per heavy atom. The molecule has 1 saturated carbocycles. The molecule has 0 spiro atoms. The number of rotatable bonds is 9. The SMILES string of the molecule is CC(=O)/C(=N/Nc1cccc(Cl)c1)Sc1nnc(COc2ccc(C3CCCCC3)cc2)n1-c1ccccc1. The number of hydrazone groups is 1. The van der Waals surface area contributed by atoms with Gasteiger partial charge in [0.05, 0.1) is 5.69 Å². The number of nitrogens with one attached hydrogen (secondary N) is 1. The number of ether oxygens (including phenoxy) is 1. The lowest BCUT2D eigenvalue weighted by Gasteiger charge is -2.22. The molecule has 3 aromatic carbocycles. The Bertz CT molecular complexity index is 1430. The molecule has 1 aliphatic carbocycles. The molecule has 1 aliphatic rings. The van der Waals surface area contributed by atoms with E-state index in [-0.39, 0.29) is 17.4 Å². The van der Waals surface area contributed by atoms with E-state index in [1.54, 1.807) is 12.1 Å². The van der Waals surface area contributed by atoms with Crippen LogP contribution in [0.2, 0.25) is 5.02 Å². The number of carbonyl (C=O) groups excluding carboxylic acids is 1. The van der Waals surface area contributed by atoms with Crippen molar-refractivity contribution < 1.29 is 9.53 Å². The molecule has 9 heteroatoms. The van der Waals surface area contributed by atoms with Crippen molar-refractivity contribution in [3.8, 4) is 11.4 Å². The van der Waals surface area contributed by atoms with Crippen molar-refractivity contribution in [3.05, 3.63) is 95.3 Å². The highest BCUT2D eigenvalue weighted by Crippen LogP contribution is 2.33. The van der Waals surface area contributed by atoms with Crippen LogP contribution < -0.4 is 10.2 Å². The first-order valence-corrected chi connectivity index (χ1v) is 14.3. The minimum Gasteiger partial charge on any atom is -0.486 e. The molecule has 0 saturated heterocycles. The van der Waals surface area contributed by atoms with Gasteiger partial charge in [0.25, 0.3) is 0 Å². The number of ketones is 1. The maximum Gasteiger partial charge on any atom is 0.202 e. The summed E-state index contributed by atoms with van der Waals surface area (Å²) < 4.78 is 8.01. The number of nitrogens with zero attached hydrogens (tertiary/aromatic N) is 4. The van der Waals surface area contributed by atoms with E-state index in [9.17, 15) is 4.79 Å². The van der Waals surface area contributed by atoms with Crippen LogP contribution in [0.4, 0.5) is 5.69 Å². The van der Waals surface area contributed by atoms with Gasteiger partial charge in [-0.15, -0.1) is 10.2 Å². The third-order valence-corrected chi connectivity index (χ3v) is 7.89. The molecule has 0 amide bonds. The number of carbonyl (C=O) groups is 1. The summed E-state index contributed by atoms with van der Waals surface area (Å²) in [4.78, 5) is 12.4. The van der Waals surface area contributed by atoms with Gasteiger partial charge >= 0.3 is 0 Å². The summed E-state index contributed by atoms with van der Waals surface area (Å²) in [5, 5.41) is 14.4. The summed E-state index contributed by atoms with van der Waals surface area (Å²) in [5.74, 6) is 1.85. The molecular weight excluding hydrogens is 530 g/mol. The van der Waals surface area contributed by atoms with E-state index in [0.717, 1.165) is 23.2 Å². The van der Waals surface area contributed by atoms with Gasteiger partial charge in [0.15, 0.2) is 16.7 Å². The summed E-state index contributed by atoms with van der Waals surface area (Å²) in [5.41, 5.74) is 5.83. The average molecular weight is 560 g/mol. The topological polar surface area (TPSA) is 81.4 Å². The van der Waals surface area contributed by atoms with Crippen LogP contribution >= 0.6 is 23.4 Å². The second kappa shape index (κ2) is 13.0. The van der Waals surface area contributed by atoms with Gasteiger partial charge in [-0.1, -0.05) is 67.3 Å². The Morgan fingerprint density at radius 1 is 1.03 bits per heavy atom. The number of anilines is 1. The standard InChI is InChI=1S/C30H30ClN5O2S/c1-21(37)29(34-32-25-12-8-11-24(31)19-25)39-30-35-33-28(36(30)26-13-6-3-7-14-26)20-38-27-17-15-23(16-18-27)22-9-4-2-5-10-22/h3,6-8,11-19,22,32H,2,4-5,9-10,20H2,1H3/b34-29-. The third-order valence-electron chi connectivity index (χ3n) is 6.64.